The first kappa shape index (κ1) is 7.49. The molecule has 4 heteroatoms. The van der Waals surface area contributed by atoms with E-state index in [1.54, 1.807) is 6.26 Å². The third-order valence-electron chi connectivity index (χ3n) is 1.64. The van der Waals surface area contributed by atoms with Crippen molar-refractivity contribution >= 4 is 21.8 Å². The van der Waals surface area contributed by atoms with Crippen molar-refractivity contribution in [2.24, 2.45) is 0 Å². The highest BCUT2D eigenvalue weighted by molar-refractivity contribution is 7.84. The Morgan fingerprint density at radius 3 is 2.83 bits per heavy atom. The van der Waals surface area contributed by atoms with Gasteiger partial charge in [0.15, 0.2) is 5.16 Å². The number of aromatic nitrogens is 2. The standard InChI is InChI=1S/C8H8N2OS/c1-12(11)8-9-6-4-2-3-5-7(6)10-8/h2-5H,1H3,(H,9,10). The number of nitrogens with zero attached hydrogens (tertiary/aromatic N) is 1. The summed E-state index contributed by atoms with van der Waals surface area (Å²) < 4.78 is 11.0. The molecule has 0 saturated carbocycles. The lowest BCUT2D eigenvalue weighted by molar-refractivity contribution is 0.682. The minimum Gasteiger partial charge on any atom is -0.331 e. The molecule has 0 aliphatic carbocycles. The maximum absolute atomic E-state index is 11.0. The van der Waals surface area contributed by atoms with Gasteiger partial charge in [-0.15, -0.1) is 0 Å². The summed E-state index contributed by atoms with van der Waals surface area (Å²) in [6, 6.07) is 7.63. The van der Waals surface area contributed by atoms with E-state index in [0.29, 0.717) is 5.16 Å². The van der Waals surface area contributed by atoms with Crippen LogP contribution in [0.25, 0.3) is 11.0 Å². The van der Waals surface area contributed by atoms with Gasteiger partial charge in [-0.1, -0.05) is 12.1 Å². The maximum Gasteiger partial charge on any atom is 0.197 e. The van der Waals surface area contributed by atoms with Crippen LogP contribution in [0, 0.1) is 0 Å². The number of benzene rings is 1. The van der Waals surface area contributed by atoms with E-state index in [2.05, 4.69) is 9.97 Å². The average Bonchev–Trinajstić information content (AvgIpc) is 2.46. The predicted octanol–water partition coefficient (Wildman–Crippen LogP) is 1.30. The number of imidazole rings is 1. The zero-order valence-corrected chi connectivity index (χ0v) is 7.39. The summed E-state index contributed by atoms with van der Waals surface area (Å²) >= 11 is 0. The predicted molar refractivity (Wildman–Crippen MR) is 48.4 cm³/mol. The normalized spacial score (nSPS) is 13.4. The molecule has 0 amide bonds. The first-order valence-corrected chi connectivity index (χ1v) is 5.11. The van der Waals surface area contributed by atoms with Crippen molar-refractivity contribution in [3.05, 3.63) is 24.3 Å². The molecule has 1 unspecified atom stereocenters. The molecule has 0 bridgehead atoms. The second-order valence-electron chi connectivity index (χ2n) is 2.51. The highest BCUT2D eigenvalue weighted by Gasteiger charge is 2.03. The molecule has 0 spiro atoms. The first-order valence-electron chi connectivity index (χ1n) is 3.55. The van der Waals surface area contributed by atoms with E-state index in [1.807, 2.05) is 24.3 Å². The lowest BCUT2D eigenvalue weighted by atomic mass is 10.3. The number of hydrogen-bond donors (Lipinski definition) is 1. The maximum atomic E-state index is 11.0. The van der Waals surface area contributed by atoms with Crippen molar-refractivity contribution in [1.29, 1.82) is 0 Å². The molecule has 0 aliphatic rings. The van der Waals surface area contributed by atoms with Crippen LogP contribution in [0.3, 0.4) is 0 Å². The number of aromatic amines is 1. The summed E-state index contributed by atoms with van der Waals surface area (Å²) in [4.78, 5) is 7.14. The fraction of sp³-hybridized carbons (Fsp3) is 0.125. The Bertz CT molecular complexity index is 402. The zero-order chi connectivity index (χ0) is 8.55. The summed E-state index contributed by atoms with van der Waals surface area (Å²) in [5.74, 6) is 0. The fourth-order valence-corrected chi connectivity index (χ4v) is 1.55. The topological polar surface area (TPSA) is 45.8 Å². The fourth-order valence-electron chi connectivity index (χ4n) is 1.07. The Balaban J connectivity index is 2.70. The highest BCUT2D eigenvalue weighted by atomic mass is 32.2. The molecule has 1 aromatic carbocycles. The third kappa shape index (κ3) is 1.14. The van der Waals surface area contributed by atoms with E-state index in [-0.39, 0.29) is 0 Å². The van der Waals surface area contributed by atoms with Gasteiger partial charge in [0.2, 0.25) is 0 Å². The van der Waals surface area contributed by atoms with E-state index < -0.39 is 10.8 Å². The smallest absolute Gasteiger partial charge is 0.197 e. The quantitative estimate of drug-likeness (QED) is 0.719. The van der Waals surface area contributed by atoms with Crippen LogP contribution in [0.5, 0.6) is 0 Å². The molecule has 0 radical (unpaired) electrons. The van der Waals surface area contributed by atoms with Crippen LogP contribution in [0.15, 0.2) is 29.4 Å². The zero-order valence-electron chi connectivity index (χ0n) is 6.57. The van der Waals surface area contributed by atoms with Gasteiger partial charge < -0.3 is 4.98 Å². The summed E-state index contributed by atoms with van der Waals surface area (Å²) in [5.41, 5.74) is 1.80. The van der Waals surface area contributed by atoms with Crippen LogP contribution in [-0.4, -0.2) is 20.4 Å². The number of rotatable bonds is 1. The van der Waals surface area contributed by atoms with E-state index in [0.717, 1.165) is 11.0 Å². The van der Waals surface area contributed by atoms with Gasteiger partial charge in [0.05, 0.1) is 21.8 Å². The Labute approximate surface area is 72.3 Å². The van der Waals surface area contributed by atoms with E-state index in [4.69, 9.17) is 0 Å². The third-order valence-corrected chi connectivity index (χ3v) is 2.38. The van der Waals surface area contributed by atoms with Gasteiger partial charge in [0, 0.05) is 6.26 Å². The van der Waals surface area contributed by atoms with Gasteiger partial charge in [0.1, 0.15) is 0 Å². The Morgan fingerprint density at radius 1 is 1.42 bits per heavy atom. The van der Waals surface area contributed by atoms with Crippen LogP contribution in [0.1, 0.15) is 0 Å². The second-order valence-corrected chi connectivity index (χ2v) is 3.81. The van der Waals surface area contributed by atoms with Crippen LogP contribution < -0.4 is 0 Å². The number of H-pyrrole nitrogens is 1. The Hall–Kier alpha value is -1.16. The van der Waals surface area contributed by atoms with E-state index in [9.17, 15) is 4.21 Å². The average molecular weight is 180 g/mol. The second kappa shape index (κ2) is 2.71. The van der Waals surface area contributed by atoms with Crippen LogP contribution in [0.2, 0.25) is 0 Å². The van der Waals surface area contributed by atoms with Crippen LogP contribution in [-0.2, 0) is 10.8 Å². The van der Waals surface area contributed by atoms with Crippen molar-refractivity contribution in [3.8, 4) is 0 Å². The van der Waals surface area contributed by atoms with Gasteiger partial charge in [0.25, 0.3) is 0 Å². The molecule has 2 aromatic rings. The highest BCUT2D eigenvalue weighted by Crippen LogP contribution is 2.11. The number of para-hydroxylation sites is 2. The Kier molecular flexibility index (Phi) is 1.69. The molecule has 0 aliphatic heterocycles. The molecular formula is C8H8N2OS. The monoisotopic (exact) mass is 180 g/mol. The largest absolute Gasteiger partial charge is 0.331 e. The molecule has 12 heavy (non-hydrogen) atoms. The SMILES string of the molecule is CS(=O)c1nc2ccccc2[nH]1. The van der Waals surface area contributed by atoms with Crippen molar-refractivity contribution < 1.29 is 4.21 Å². The summed E-state index contributed by atoms with van der Waals surface area (Å²) in [5, 5.41) is 0.538. The Morgan fingerprint density at radius 2 is 2.17 bits per heavy atom. The molecule has 1 aromatic heterocycles. The number of fused-ring (bicyclic) bond motifs is 1. The molecule has 2 rings (SSSR count). The molecule has 1 N–H and O–H groups in total. The molecule has 3 nitrogen and oxygen atoms in total. The molecule has 0 saturated heterocycles. The van der Waals surface area contributed by atoms with Gasteiger partial charge in [-0.3, -0.25) is 4.21 Å². The molecule has 1 atom stereocenters. The van der Waals surface area contributed by atoms with Crippen molar-refractivity contribution in [2.75, 3.05) is 6.26 Å². The summed E-state index contributed by atoms with van der Waals surface area (Å²) in [7, 11) is -1.03. The van der Waals surface area contributed by atoms with Crippen LogP contribution >= 0.6 is 0 Å². The number of hydrogen-bond acceptors (Lipinski definition) is 2. The molecule has 62 valence electrons. The minimum atomic E-state index is -1.03. The van der Waals surface area contributed by atoms with Crippen molar-refractivity contribution in [2.45, 2.75) is 5.16 Å². The molecular weight excluding hydrogens is 172 g/mol. The van der Waals surface area contributed by atoms with Crippen LogP contribution in [0.4, 0.5) is 0 Å². The lowest BCUT2D eigenvalue weighted by Crippen LogP contribution is -1.88. The van der Waals surface area contributed by atoms with Gasteiger partial charge >= 0.3 is 0 Å². The molecule has 1 heterocycles. The minimum absolute atomic E-state index is 0.538. The number of nitrogens with one attached hydrogen (secondary N) is 1. The molecule has 0 fully saturated rings. The lowest BCUT2D eigenvalue weighted by Gasteiger charge is -1.83. The van der Waals surface area contributed by atoms with Crippen molar-refractivity contribution in [1.82, 2.24) is 9.97 Å². The van der Waals surface area contributed by atoms with E-state index >= 15 is 0 Å². The van der Waals surface area contributed by atoms with Crippen molar-refractivity contribution in [3.63, 3.8) is 0 Å². The van der Waals surface area contributed by atoms with E-state index in [1.165, 1.54) is 0 Å². The summed E-state index contributed by atoms with van der Waals surface area (Å²) in [6.45, 7) is 0. The van der Waals surface area contributed by atoms with Gasteiger partial charge in [-0.05, 0) is 12.1 Å². The van der Waals surface area contributed by atoms with Gasteiger partial charge in [-0.2, -0.15) is 0 Å². The first-order chi connectivity index (χ1) is 5.77. The summed E-state index contributed by atoms with van der Waals surface area (Å²) in [6.07, 6.45) is 1.61. The van der Waals surface area contributed by atoms with Gasteiger partial charge in [-0.25, -0.2) is 4.98 Å².